The third kappa shape index (κ3) is 2.20. The van der Waals surface area contributed by atoms with Crippen molar-refractivity contribution in [3.8, 4) is 0 Å². The average Bonchev–Trinajstić information content (AvgIpc) is 2.77. The van der Waals surface area contributed by atoms with Gasteiger partial charge in [0.2, 0.25) is 0 Å². The summed E-state index contributed by atoms with van der Waals surface area (Å²) in [6, 6.07) is 6.59. The summed E-state index contributed by atoms with van der Waals surface area (Å²) in [5.74, 6) is 0.610. The summed E-state index contributed by atoms with van der Waals surface area (Å²) in [5, 5.41) is 0. The molecule has 1 aliphatic carbocycles. The van der Waals surface area contributed by atoms with Gasteiger partial charge in [-0.2, -0.15) is 0 Å². The van der Waals surface area contributed by atoms with E-state index in [0.717, 1.165) is 30.7 Å². The molecular weight excluding hydrogens is 247 g/mol. The van der Waals surface area contributed by atoms with Gasteiger partial charge in [0.15, 0.2) is 0 Å². The highest BCUT2D eigenvalue weighted by atomic mass is 32.1. The van der Waals surface area contributed by atoms with Crippen LogP contribution in [-0.2, 0) is 19.3 Å². The molecule has 0 amide bonds. The van der Waals surface area contributed by atoms with Crippen LogP contribution < -0.4 is 0 Å². The first kappa shape index (κ1) is 11.5. The number of H-pyrrole nitrogens is 1. The molecule has 2 nitrogen and oxygen atoms in total. The molecule has 0 atom stereocenters. The van der Waals surface area contributed by atoms with Gasteiger partial charge in [0.1, 0.15) is 16.3 Å². The van der Waals surface area contributed by atoms with Crippen LogP contribution >= 0.6 is 12.2 Å². The fourth-order valence-corrected chi connectivity index (χ4v) is 2.77. The Morgan fingerprint density at radius 2 is 2.22 bits per heavy atom. The number of fused-ring (bicyclic) bond motifs is 1. The van der Waals surface area contributed by atoms with Crippen LogP contribution in [0.15, 0.2) is 24.3 Å². The van der Waals surface area contributed by atoms with E-state index >= 15 is 0 Å². The largest absolute Gasteiger partial charge is 0.347 e. The molecule has 1 aromatic heterocycles. The Hall–Kier alpha value is -1.55. The van der Waals surface area contributed by atoms with Crippen molar-refractivity contribution in [2.45, 2.75) is 25.7 Å². The molecule has 0 saturated heterocycles. The van der Waals surface area contributed by atoms with E-state index in [2.05, 4.69) is 9.97 Å². The minimum Gasteiger partial charge on any atom is -0.347 e. The number of benzene rings is 1. The van der Waals surface area contributed by atoms with Gasteiger partial charge in [-0.05, 0) is 37.0 Å². The van der Waals surface area contributed by atoms with Gasteiger partial charge < -0.3 is 4.98 Å². The quantitative estimate of drug-likeness (QED) is 0.839. The van der Waals surface area contributed by atoms with Crippen LogP contribution in [0, 0.1) is 10.5 Å². The second-order valence-corrected chi connectivity index (χ2v) is 4.99. The lowest BCUT2D eigenvalue weighted by Gasteiger charge is -2.06. The van der Waals surface area contributed by atoms with Crippen LogP contribution in [0.4, 0.5) is 4.39 Å². The van der Waals surface area contributed by atoms with Crippen LogP contribution in [0.3, 0.4) is 0 Å². The van der Waals surface area contributed by atoms with Gasteiger partial charge >= 0.3 is 0 Å². The summed E-state index contributed by atoms with van der Waals surface area (Å²) in [7, 11) is 0. The SMILES string of the molecule is Fc1cccc(Cc2nc(=S)c3c([nH]2)CCC3)c1. The van der Waals surface area contributed by atoms with E-state index in [9.17, 15) is 4.39 Å². The van der Waals surface area contributed by atoms with E-state index in [1.807, 2.05) is 6.07 Å². The van der Waals surface area contributed by atoms with Gasteiger partial charge in [-0.15, -0.1) is 0 Å². The Kier molecular flexibility index (Phi) is 2.96. The van der Waals surface area contributed by atoms with Gasteiger partial charge in [0.05, 0.1) is 0 Å². The number of hydrogen-bond donors (Lipinski definition) is 1. The summed E-state index contributed by atoms with van der Waals surface area (Å²) < 4.78 is 13.8. The lowest BCUT2D eigenvalue weighted by molar-refractivity contribution is 0.625. The predicted molar refractivity (Wildman–Crippen MR) is 70.7 cm³/mol. The van der Waals surface area contributed by atoms with Crippen molar-refractivity contribution in [1.29, 1.82) is 0 Å². The Labute approximate surface area is 110 Å². The zero-order valence-corrected chi connectivity index (χ0v) is 10.7. The molecule has 0 radical (unpaired) electrons. The summed E-state index contributed by atoms with van der Waals surface area (Å²) in [4.78, 5) is 7.74. The zero-order chi connectivity index (χ0) is 12.5. The molecule has 0 aliphatic heterocycles. The maximum absolute atomic E-state index is 13.1. The lowest BCUT2D eigenvalue weighted by Crippen LogP contribution is -2.02. The predicted octanol–water partition coefficient (Wildman–Crippen LogP) is 3.36. The van der Waals surface area contributed by atoms with Crippen LogP contribution in [0.5, 0.6) is 0 Å². The van der Waals surface area contributed by atoms with Crippen LogP contribution in [0.2, 0.25) is 0 Å². The van der Waals surface area contributed by atoms with Gasteiger partial charge in [-0.3, -0.25) is 0 Å². The molecule has 1 N–H and O–H groups in total. The summed E-state index contributed by atoms with van der Waals surface area (Å²) in [6.45, 7) is 0. The number of nitrogens with zero attached hydrogens (tertiary/aromatic N) is 1. The van der Waals surface area contributed by atoms with Crippen LogP contribution in [-0.4, -0.2) is 9.97 Å². The third-order valence-corrected chi connectivity index (χ3v) is 3.61. The van der Waals surface area contributed by atoms with Crippen molar-refractivity contribution in [2.75, 3.05) is 0 Å². The molecule has 0 bridgehead atoms. The van der Waals surface area contributed by atoms with Crippen molar-refractivity contribution >= 4 is 12.2 Å². The average molecular weight is 260 g/mol. The minimum absolute atomic E-state index is 0.216. The molecule has 2 aromatic rings. The summed E-state index contributed by atoms with van der Waals surface area (Å²) in [6.07, 6.45) is 3.80. The fourth-order valence-electron chi connectivity index (χ4n) is 2.43. The van der Waals surface area contributed by atoms with Gasteiger partial charge in [0.25, 0.3) is 0 Å². The number of rotatable bonds is 2. The summed E-state index contributed by atoms with van der Waals surface area (Å²) in [5.41, 5.74) is 3.31. The molecule has 18 heavy (non-hydrogen) atoms. The highest BCUT2D eigenvalue weighted by Crippen LogP contribution is 2.21. The third-order valence-electron chi connectivity index (χ3n) is 3.27. The van der Waals surface area contributed by atoms with Gasteiger partial charge in [-0.1, -0.05) is 24.4 Å². The number of nitrogens with one attached hydrogen (secondary N) is 1. The van der Waals surface area contributed by atoms with Crippen LogP contribution in [0.1, 0.15) is 29.1 Å². The van der Waals surface area contributed by atoms with Crippen molar-refractivity contribution in [1.82, 2.24) is 9.97 Å². The van der Waals surface area contributed by atoms with Crippen molar-refractivity contribution in [2.24, 2.45) is 0 Å². The number of aromatic amines is 1. The normalized spacial score (nSPS) is 13.6. The fraction of sp³-hybridized carbons (Fsp3) is 0.286. The Morgan fingerprint density at radius 3 is 3.06 bits per heavy atom. The van der Waals surface area contributed by atoms with E-state index < -0.39 is 0 Å². The Bertz CT molecular complexity index is 648. The first-order valence-corrected chi connectivity index (χ1v) is 6.48. The maximum atomic E-state index is 13.1. The number of aromatic nitrogens is 2. The number of halogens is 1. The van der Waals surface area contributed by atoms with Crippen molar-refractivity contribution in [3.63, 3.8) is 0 Å². The second-order valence-electron chi connectivity index (χ2n) is 4.61. The monoisotopic (exact) mass is 260 g/mol. The smallest absolute Gasteiger partial charge is 0.133 e. The first-order chi connectivity index (χ1) is 8.72. The van der Waals surface area contributed by atoms with E-state index in [4.69, 9.17) is 12.2 Å². The van der Waals surface area contributed by atoms with Crippen LogP contribution in [0.25, 0.3) is 0 Å². The van der Waals surface area contributed by atoms with Gasteiger partial charge in [0, 0.05) is 17.7 Å². The van der Waals surface area contributed by atoms with Crippen molar-refractivity contribution < 1.29 is 4.39 Å². The van der Waals surface area contributed by atoms with E-state index in [1.165, 1.54) is 23.4 Å². The minimum atomic E-state index is -0.216. The highest BCUT2D eigenvalue weighted by molar-refractivity contribution is 7.71. The molecule has 3 rings (SSSR count). The maximum Gasteiger partial charge on any atom is 0.133 e. The molecule has 0 unspecified atom stereocenters. The molecule has 0 spiro atoms. The molecule has 0 fully saturated rings. The molecule has 0 saturated carbocycles. The van der Waals surface area contributed by atoms with Gasteiger partial charge in [-0.25, -0.2) is 9.37 Å². The van der Waals surface area contributed by atoms with E-state index in [-0.39, 0.29) is 5.82 Å². The Balaban J connectivity index is 1.94. The topological polar surface area (TPSA) is 28.7 Å². The van der Waals surface area contributed by atoms with Crippen molar-refractivity contribution in [3.05, 3.63) is 57.4 Å². The first-order valence-electron chi connectivity index (χ1n) is 6.08. The Morgan fingerprint density at radius 1 is 1.33 bits per heavy atom. The highest BCUT2D eigenvalue weighted by Gasteiger charge is 2.14. The molecule has 1 heterocycles. The summed E-state index contributed by atoms with van der Waals surface area (Å²) >= 11 is 5.30. The molecule has 92 valence electrons. The molecule has 1 aromatic carbocycles. The molecule has 4 heteroatoms. The molecular formula is C14H13FN2S. The lowest BCUT2D eigenvalue weighted by atomic mass is 10.1. The van der Waals surface area contributed by atoms with E-state index in [1.54, 1.807) is 6.07 Å². The number of hydrogen-bond acceptors (Lipinski definition) is 2. The standard InChI is InChI=1S/C14H13FN2S/c15-10-4-1-3-9(7-10)8-13-16-12-6-2-5-11(12)14(18)17-13/h1,3-4,7H,2,5-6,8H2,(H,16,17,18). The molecule has 1 aliphatic rings. The zero-order valence-electron chi connectivity index (χ0n) is 9.87. The number of aryl methyl sites for hydroxylation is 1. The second kappa shape index (κ2) is 4.61. The van der Waals surface area contributed by atoms with E-state index in [0.29, 0.717) is 11.1 Å².